The molecule has 0 aliphatic carbocycles. The smallest absolute Gasteiger partial charge is 0.407 e. The second-order valence-corrected chi connectivity index (χ2v) is 9.25. The Kier molecular flexibility index (Phi) is 7.23. The van der Waals surface area contributed by atoms with Gasteiger partial charge >= 0.3 is 6.09 Å². The van der Waals surface area contributed by atoms with Gasteiger partial charge in [-0.1, -0.05) is 23.7 Å². The van der Waals surface area contributed by atoms with Crippen LogP contribution in [0.1, 0.15) is 36.8 Å². The van der Waals surface area contributed by atoms with Crippen LogP contribution >= 0.6 is 11.6 Å². The van der Waals surface area contributed by atoms with E-state index in [0.717, 1.165) is 11.4 Å². The minimum Gasteiger partial charge on any atom is -0.465 e. The van der Waals surface area contributed by atoms with Crippen LogP contribution in [-0.4, -0.2) is 70.7 Å². The number of likely N-dealkylation sites (tertiary alicyclic amines) is 1. The lowest BCUT2D eigenvalue weighted by molar-refractivity contribution is -0.135. The second kappa shape index (κ2) is 10.3. The summed E-state index contributed by atoms with van der Waals surface area (Å²) in [5.41, 5.74) is 1.52. The number of hydrogen-bond donors (Lipinski definition) is 1. The SMILES string of the molecule is CCN(C(=O)O)[C@@H]1CN(C(=O)C2CCN(c3ccc(C#N)cn3)CC2)C[C@H]1c1ccc(Cl)cc1. The number of anilines is 1. The van der Waals surface area contributed by atoms with E-state index in [1.54, 1.807) is 12.3 Å². The van der Waals surface area contributed by atoms with Crippen molar-refractivity contribution in [3.8, 4) is 6.07 Å². The van der Waals surface area contributed by atoms with E-state index in [9.17, 15) is 14.7 Å². The average Bonchev–Trinajstić information content (AvgIpc) is 3.29. The molecule has 1 aromatic heterocycles. The number of amides is 2. The highest BCUT2D eigenvalue weighted by molar-refractivity contribution is 6.30. The first-order chi connectivity index (χ1) is 16.4. The topological polar surface area (TPSA) is 101 Å². The summed E-state index contributed by atoms with van der Waals surface area (Å²) in [6.45, 7) is 4.50. The molecule has 0 bridgehead atoms. The highest BCUT2D eigenvalue weighted by atomic mass is 35.5. The molecule has 8 nitrogen and oxygen atoms in total. The van der Waals surface area contributed by atoms with E-state index in [1.807, 2.05) is 42.2 Å². The Balaban J connectivity index is 1.44. The number of nitrogens with zero attached hydrogens (tertiary/aromatic N) is 5. The number of halogens is 1. The molecule has 0 unspecified atom stereocenters. The lowest BCUT2D eigenvalue weighted by Gasteiger charge is -2.34. The van der Waals surface area contributed by atoms with Gasteiger partial charge in [0, 0.05) is 55.8 Å². The number of carboxylic acid groups (broad SMARTS) is 1. The fourth-order valence-corrected chi connectivity index (χ4v) is 5.21. The summed E-state index contributed by atoms with van der Waals surface area (Å²) in [5, 5.41) is 19.3. The normalized spacial score (nSPS) is 20.7. The van der Waals surface area contributed by atoms with Crippen LogP contribution < -0.4 is 4.90 Å². The van der Waals surface area contributed by atoms with Gasteiger partial charge in [0.2, 0.25) is 5.91 Å². The van der Waals surface area contributed by atoms with Gasteiger partial charge in [0.1, 0.15) is 11.9 Å². The van der Waals surface area contributed by atoms with Crippen molar-refractivity contribution in [2.75, 3.05) is 37.6 Å². The van der Waals surface area contributed by atoms with Crippen LogP contribution in [0.3, 0.4) is 0 Å². The molecule has 34 heavy (non-hydrogen) atoms. The van der Waals surface area contributed by atoms with Crippen molar-refractivity contribution in [1.29, 1.82) is 5.26 Å². The van der Waals surface area contributed by atoms with E-state index in [4.69, 9.17) is 16.9 Å². The van der Waals surface area contributed by atoms with Gasteiger partial charge in [-0.15, -0.1) is 0 Å². The number of nitriles is 1. The molecule has 178 valence electrons. The highest BCUT2D eigenvalue weighted by Crippen LogP contribution is 2.34. The van der Waals surface area contributed by atoms with E-state index < -0.39 is 6.09 Å². The number of hydrogen-bond acceptors (Lipinski definition) is 5. The van der Waals surface area contributed by atoms with Gasteiger partial charge < -0.3 is 19.8 Å². The predicted octanol–water partition coefficient (Wildman–Crippen LogP) is 3.82. The maximum atomic E-state index is 13.5. The van der Waals surface area contributed by atoms with E-state index in [2.05, 4.69) is 16.0 Å². The van der Waals surface area contributed by atoms with Gasteiger partial charge in [0.05, 0.1) is 11.6 Å². The third-order valence-electron chi connectivity index (χ3n) is 6.93. The number of likely N-dealkylation sites (N-methyl/N-ethyl adjacent to an activating group) is 1. The highest BCUT2D eigenvalue weighted by Gasteiger charge is 2.42. The number of carbonyl (C=O) groups excluding carboxylic acids is 1. The van der Waals surface area contributed by atoms with Crippen molar-refractivity contribution in [3.05, 3.63) is 58.7 Å². The number of aromatic nitrogens is 1. The first-order valence-electron chi connectivity index (χ1n) is 11.6. The van der Waals surface area contributed by atoms with Crippen LogP contribution in [-0.2, 0) is 4.79 Å². The monoisotopic (exact) mass is 481 g/mol. The standard InChI is InChI=1S/C25H28ClN5O3/c1-2-31(25(33)34)22-16-30(15-21(22)18-4-6-20(26)7-5-18)24(32)19-9-11-29(12-10-19)23-8-3-17(13-27)14-28-23/h3-8,14,19,21-22H,2,9-12,15-16H2,1H3,(H,33,34)/t21-,22+/m0/s1. The lowest BCUT2D eigenvalue weighted by Crippen LogP contribution is -2.45. The van der Waals surface area contributed by atoms with E-state index in [0.29, 0.717) is 56.2 Å². The molecule has 0 spiro atoms. The second-order valence-electron chi connectivity index (χ2n) is 8.82. The van der Waals surface area contributed by atoms with E-state index in [-0.39, 0.29) is 23.8 Å². The summed E-state index contributed by atoms with van der Waals surface area (Å²) in [6, 6.07) is 12.8. The van der Waals surface area contributed by atoms with Crippen LogP contribution in [0.2, 0.25) is 5.02 Å². The molecular formula is C25H28ClN5O3. The summed E-state index contributed by atoms with van der Waals surface area (Å²) in [5.74, 6) is 0.712. The minimum atomic E-state index is -0.969. The van der Waals surface area contributed by atoms with Crippen LogP contribution in [0.4, 0.5) is 10.6 Å². The molecule has 2 aromatic rings. The van der Waals surface area contributed by atoms with Crippen molar-refractivity contribution in [2.45, 2.75) is 31.7 Å². The fraction of sp³-hybridized carbons (Fsp3) is 0.440. The summed E-state index contributed by atoms with van der Waals surface area (Å²) >= 11 is 6.06. The largest absolute Gasteiger partial charge is 0.465 e. The van der Waals surface area contributed by atoms with Crippen molar-refractivity contribution >= 4 is 29.4 Å². The van der Waals surface area contributed by atoms with Crippen LogP contribution in [0.15, 0.2) is 42.6 Å². The third-order valence-corrected chi connectivity index (χ3v) is 7.18. The number of pyridine rings is 1. The lowest BCUT2D eigenvalue weighted by atomic mass is 9.93. The summed E-state index contributed by atoms with van der Waals surface area (Å²) < 4.78 is 0. The molecule has 2 atom stereocenters. The molecule has 0 saturated carbocycles. The van der Waals surface area contributed by atoms with E-state index in [1.165, 1.54) is 4.90 Å². The molecule has 1 N–H and O–H groups in total. The average molecular weight is 482 g/mol. The molecule has 3 heterocycles. The molecule has 2 amide bonds. The molecule has 2 aliphatic heterocycles. The first kappa shape index (κ1) is 23.8. The third kappa shape index (κ3) is 4.95. The number of piperidine rings is 1. The zero-order chi connectivity index (χ0) is 24.2. The molecule has 2 saturated heterocycles. The fourth-order valence-electron chi connectivity index (χ4n) is 5.08. The zero-order valence-corrected chi connectivity index (χ0v) is 19.9. The van der Waals surface area contributed by atoms with Gasteiger partial charge in [0.25, 0.3) is 0 Å². The summed E-state index contributed by atoms with van der Waals surface area (Å²) in [6.07, 6.45) is 2.02. The molecule has 1 aromatic carbocycles. The Morgan fingerprint density at radius 1 is 1.18 bits per heavy atom. The van der Waals surface area contributed by atoms with Gasteiger partial charge in [-0.05, 0) is 49.6 Å². The van der Waals surface area contributed by atoms with Crippen LogP contribution in [0.25, 0.3) is 0 Å². The Hall–Kier alpha value is -3.31. The van der Waals surface area contributed by atoms with E-state index >= 15 is 0 Å². The van der Waals surface area contributed by atoms with Crippen molar-refractivity contribution in [3.63, 3.8) is 0 Å². The summed E-state index contributed by atoms with van der Waals surface area (Å²) in [7, 11) is 0. The summed E-state index contributed by atoms with van der Waals surface area (Å²) in [4.78, 5) is 35.1. The molecule has 0 radical (unpaired) electrons. The maximum Gasteiger partial charge on any atom is 0.407 e. The number of benzene rings is 1. The predicted molar refractivity (Wildman–Crippen MR) is 129 cm³/mol. The molecule has 2 aliphatic rings. The molecule has 4 rings (SSSR count). The Labute approximate surface area is 204 Å². The molecule has 9 heteroatoms. The Bertz CT molecular complexity index is 1060. The van der Waals surface area contributed by atoms with Gasteiger partial charge in [-0.2, -0.15) is 5.26 Å². The van der Waals surface area contributed by atoms with Gasteiger partial charge in [-0.25, -0.2) is 9.78 Å². The zero-order valence-electron chi connectivity index (χ0n) is 19.1. The van der Waals surface area contributed by atoms with Crippen LogP contribution in [0.5, 0.6) is 0 Å². The quantitative estimate of drug-likeness (QED) is 0.696. The Morgan fingerprint density at radius 3 is 2.44 bits per heavy atom. The first-order valence-corrected chi connectivity index (χ1v) is 11.9. The number of rotatable bonds is 5. The Morgan fingerprint density at radius 2 is 1.88 bits per heavy atom. The van der Waals surface area contributed by atoms with Gasteiger partial charge in [0.15, 0.2) is 0 Å². The molecule has 2 fully saturated rings. The van der Waals surface area contributed by atoms with Crippen molar-refractivity contribution in [2.24, 2.45) is 5.92 Å². The minimum absolute atomic E-state index is 0.0929. The molecular weight excluding hydrogens is 454 g/mol. The maximum absolute atomic E-state index is 13.5. The van der Waals surface area contributed by atoms with Crippen molar-refractivity contribution in [1.82, 2.24) is 14.8 Å². The van der Waals surface area contributed by atoms with Gasteiger partial charge in [-0.3, -0.25) is 4.79 Å². The number of carbonyl (C=O) groups is 2. The van der Waals surface area contributed by atoms with Crippen LogP contribution in [0, 0.1) is 17.2 Å². The van der Waals surface area contributed by atoms with Crippen molar-refractivity contribution < 1.29 is 14.7 Å².